The number of nitrogens with zero attached hydrogens (tertiary/aromatic N) is 1. The first-order valence-electron chi connectivity index (χ1n) is 9.05. The lowest BCUT2D eigenvalue weighted by Gasteiger charge is -2.23. The van der Waals surface area contributed by atoms with Crippen LogP contribution < -0.4 is 10.2 Å². The van der Waals surface area contributed by atoms with Gasteiger partial charge in [-0.3, -0.25) is 4.79 Å². The number of thioether (sulfide) groups is 1. The van der Waals surface area contributed by atoms with Crippen LogP contribution in [0.5, 0.6) is 0 Å². The van der Waals surface area contributed by atoms with Gasteiger partial charge in [-0.05, 0) is 24.3 Å². The van der Waals surface area contributed by atoms with Crippen LogP contribution in [0, 0.1) is 0 Å². The molecule has 2 heterocycles. The minimum Gasteiger partial charge on any atom is -0.370 e. The summed E-state index contributed by atoms with van der Waals surface area (Å²) in [7, 11) is 0. The van der Waals surface area contributed by atoms with Crippen LogP contribution in [-0.4, -0.2) is 42.9 Å². The maximum absolute atomic E-state index is 12.2. The molecule has 0 aliphatic carbocycles. The van der Waals surface area contributed by atoms with Crippen molar-refractivity contribution in [3.8, 4) is 0 Å². The van der Waals surface area contributed by atoms with Gasteiger partial charge in [-0.1, -0.05) is 36.0 Å². The van der Waals surface area contributed by atoms with E-state index >= 15 is 0 Å². The van der Waals surface area contributed by atoms with Crippen LogP contribution in [0.2, 0.25) is 0 Å². The fourth-order valence-corrected chi connectivity index (χ4v) is 4.94. The SMILES string of the molecule is O=C(CSc1nc2ccccc2s1)Nc1ccc(C[NH+]2CCOCC2)cc1. The van der Waals surface area contributed by atoms with Crippen molar-refractivity contribution in [3.05, 3.63) is 54.1 Å². The minimum absolute atomic E-state index is 0.00851. The number of hydrogen-bond donors (Lipinski definition) is 2. The highest BCUT2D eigenvalue weighted by atomic mass is 32.2. The van der Waals surface area contributed by atoms with Crippen LogP contribution >= 0.6 is 23.1 Å². The van der Waals surface area contributed by atoms with E-state index in [0.717, 1.165) is 53.1 Å². The largest absolute Gasteiger partial charge is 0.370 e. The highest BCUT2D eigenvalue weighted by Crippen LogP contribution is 2.29. The highest BCUT2D eigenvalue weighted by molar-refractivity contribution is 8.01. The maximum Gasteiger partial charge on any atom is 0.234 e. The molecule has 1 aliphatic heterocycles. The molecule has 140 valence electrons. The number of carbonyl (C=O) groups excluding carboxylic acids is 1. The van der Waals surface area contributed by atoms with Crippen molar-refractivity contribution in [2.45, 2.75) is 10.9 Å². The Hall–Kier alpha value is -1.93. The summed E-state index contributed by atoms with van der Waals surface area (Å²) in [4.78, 5) is 18.3. The molecule has 0 saturated carbocycles. The molecule has 27 heavy (non-hydrogen) atoms. The topological polar surface area (TPSA) is 55.7 Å². The van der Waals surface area contributed by atoms with Crippen molar-refractivity contribution < 1.29 is 14.4 Å². The Morgan fingerprint density at radius 3 is 2.70 bits per heavy atom. The van der Waals surface area contributed by atoms with Gasteiger partial charge in [0.15, 0.2) is 4.34 Å². The third-order valence-electron chi connectivity index (χ3n) is 4.49. The molecule has 3 aromatic rings. The quantitative estimate of drug-likeness (QED) is 0.624. The van der Waals surface area contributed by atoms with Gasteiger partial charge in [0.25, 0.3) is 0 Å². The molecule has 0 atom stereocenters. The lowest BCUT2D eigenvalue weighted by atomic mass is 10.2. The van der Waals surface area contributed by atoms with E-state index in [-0.39, 0.29) is 5.91 Å². The van der Waals surface area contributed by atoms with Crippen molar-refractivity contribution in [1.29, 1.82) is 0 Å². The van der Waals surface area contributed by atoms with E-state index in [9.17, 15) is 4.79 Å². The molecular weight excluding hydrogens is 378 g/mol. The average Bonchev–Trinajstić information content (AvgIpc) is 3.12. The minimum atomic E-state index is -0.00851. The van der Waals surface area contributed by atoms with Gasteiger partial charge in [-0.25, -0.2) is 4.98 Å². The Morgan fingerprint density at radius 2 is 1.93 bits per heavy atom. The predicted octanol–water partition coefficient (Wildman–Crippen LogP) is 2.44. The number of nitrogens with one attached hydrogen (secondary N) is 2. The number of hydrogen-bond acceptors (Lipinski definition) is 5. The lowest BCUT2D eigenvalue weighted by molar-refractivity contribution is -0.921. The Morgan fingerprint density at radius 1 is 1.15 bits per heavy atom. The number of aromatic nitrogens is 1. The first-order valence-corrected chi connectivity index (χ1v) is 10.8. The third-order valence-corrected chi connectivity index (χ3v) is 6.67. The Bertz CT molecular complexity index is 872. The number of para-hydroxylation sites is 1. The molecule has 4 rings (SSSR count). The smallest absolute Gasteiger partial charge is 0.234 e. The number of rotatable bonds is 6. The summed E-state index contributed by atoms with van der Waals surface area (Å²) in [6.07, 6.45) is 0. The molecule has 0 unspecified atom stereocenters. The third kappa shape index (κ3) is 5.07. The Kier molecular flexibility index (Phi) is 6.03. The van der Waals surface area contributed by atoms with Crippen LogP contribution in [0.1, 0.15) is 5.56 Å². The van der Waals surface area contributed by atoms with Gasteiger partial charge >= 0.3 is 0 Å². The van der Waals surface area contributed by atoms with E-state index in [1.54, 1.807) is 16.2 Å². The van der Waals surface area contributed by atoms with E-state index in [1.165, 1.54) is 17.3 Å². The summed E-state index contributed by atoms with van der Waals surface area (Å²) in [6, 6.07) is 16.2. The number of anilines is 1. The average molecular weight is 401 g/mol. The van der Waals surface area contributed by atoms with Crippen LogP contribution in [-0.2, 0) is 16.1 Å². The fourth-order valence-electron chi connectivity index (χ4n) is 3.07. The number of ether oxygens (including phenoxy) is 1. The summed E-state index contributed by atoms with van der Waals surface area (Å²) < 4.78 is 7.48. The molecule has 1 saturated heterocycles. The van der Waals surface area contributed by atoms with Crippen molar-refractivity contribution in [1.82, 2.24) is 4.98 Å². The normalized spacial score (nSPS) is 15.1. The van der Waals surface area contributed by atoms with Crippen LogP contribution in [0.3, 0.4) is 0 Å². The number of thiazole rings is 1. The van der Waals surface area contributed by atoms with E-state index in [0.29, 0.717) is 5.75 Å². The molecule has 0 radical (unpaired) electrons. The Labute approximate surface area is 166 Å². The number of morpholine rings is 1. The molecule has 1 fully saturated rings. The first-order chi connectivity index (χ1) is 13.3. The molecular formula is C20H22N3O2S2+. The summed E-state index contributed by atoms with van der Waals surface area (Å²) in [5.41, 5.74) is 3.11. The monoisotopic (exact) mass is 400 g/mol. The Balaban J connectivity index is 1.27. The molecule has 7 heteroatoms. The molecule has 5 nitrogen and oxygen atoms in total. The predicted molar refractivity (Wildman–Crippen MR) is 111 cm³/mol. The zero-order valence-corrected chi connectivity index (χ0v) is 16.6. The summed E-state index contributed by atoms with van der Waals surface area (Å²) in [5, 5.41) is 2.97. The number of quaternary nitrogens is 1. The number of fused-ring (bicyclic) bond motifs is 1. The van der Waals surface area contributed by atoms with Crippen molar-refractivity contribution in [2.75, 3.05) is 37.4 Å². The summed E-state index contributed by atoms with van der Waals surface area (Å²) in [6.45, 7) is 4.81. The van der Waals surface area contributed by atoms with Gasteiger partial charge < -0.3 is 15.0 Å². The molecule has 2 N–H and O–H groups in total. The van der Waals surface area contributed by atoms with E-state index < -0.39 is 0 Å². The van der Waals surface area contributed by atoms with E-state index in [2.05, 4.69) is 28.5 Å². The second kappa shape index (κ2) is 8.84. The van der Waals surface area contributed by atoms with E-state index in [1.807, 2.05) is 30.3 Å². The van der Waals surface area contributed by atoms with Gasteiger partial charge in [-0.2, -0.15) is 0 Å². The van der Waals surface area contributed by atoms with Crippen molar-refractivity contribution in [3.63, 3.8) is 0 Å². The number of amides is 1. The molecule has 1 amide bonds. The van der Waals surface area contributed by atoms with Crippen molar-refractivity contribution in [2.24, 2.45) is 0 Å². The van der Waals surface area contributed by atoms with Crippen LogP contribution in [0.4, 0.5) is 5.69 Å². The molecule has 0 bridgehead atoms. The second-order valence-corrected chi connectivity index (χ2v) is 8.77. The van der Waals surface area contributed by atoms with Gasteiger partial charge in [-0.15, -0.1) is 11.3 Å². The molecule has 1 aromatic heterocycles. The highest BCUT2D eigenvalue weighted by Gasteiger charge is 2.14. The van der Waals surface area contributed by atoms with Crippen LogP contribution in [0.15, 0.2) is 52.9 Å². The summed E-state index contributed by atoms with van der Waals surface area (Å²) >= 11 is 3.10. The summed E-state index contributed by atoms with van der Waals surface area (Å²) in [5.74, 6) is 0.352. The van der Waals surface area contributed by atoms with Gasteiger partial charge in [0.2, 0.25) is 5.91 Å². The van der Waals surface area contributed by atoms with Crippen molar-refractivity contribution >= 4 is 44.9 Å². The number of benzene rings is 2. The van der Waals surface area contributed by atoms with E-state index in [4.69, 9.17) is 4.74 Å². The first kappa shape index (κ1) is 18.4. The van der Waals surface area contributed by atoms with Gasteiger partial charge in [0.1, 0.15) is 19.6 Å². The lowest BCUT2D eigenvalue weighted by Crippen LogP contribution is -3.12. The fraction of sp³-hybridized carbons (Fsp3) is 0.300. The zero-order chi connectivity index (χ0) is 18.5. The maximum atomic E-state index is 12.2. The van der Waals surface area contributed by atoms with Gasteiger partial charge in [0.05, 0.1) is 29.2 Å². The molecule has 0 spiro atoms. The second-order valence-electron chi connectivity index (χ2n) is 6.52. The molecule has 1 aliphatic rings. The zero-order valence-electron chi connectivity index (χ0n) is 14.9. The number of carbonyl (C=O) groups is 1. The standard InChI is InChI=1S/C20H21N3O2S2/c24-19(14-26-20-22-17-3-1-2-4-18(17)27-20)21-16-7-5-15(6-8-16)13-23-9-11-25-12-10-23/h1-8H,9-14H2,(H,21,24)/p+1. The van der Waals surface area contributed by atoms with Crippen LogP contribution in [0.25, 0.3) is 10.2 Å². The van der Waals surface area contributed by atoms with Gasteiger partial charge in [0, 0.05) is 11.3 Å². The molecule has 2 aromatic carbocycles.